The molecule has 4 rings (SSSR count). The maximum atomic E-state index is 12.7. The zero-order chi connectivity index (χ0) is 20.4. The topological polar surface area (TPSA) is 99.2 Å². The molecule has 2 fully saturated rings. The maximum Gasteiger partial charge on any atom is 0.343 e. The van der Waals surface area contributed by atoms with Gasteiger partial charge < -0.3 is 15.1 Å². The average Bonchev–Trinajstić information content (AvgIpc) is 3.15. The highest BCUT2D eigenvalue weighted by Gasteiger charge is 2.25. The number of nitrogens with zero attached hydrogens (tertiary/aromatic N) is 5. The van der Waals surface area contributed by atoms with Crippen molar-refractivity contribution in [1.29, 1.82) is 0 Å². The summed E-state index contributed by atoms with van der Waals surface area (Å²) < 4.78 is 1.61. The van der Waals surface area contributed by atoms with Crippen LogP contribution >= 0.6 is 0 Å². The van der Waals surface area contributed by atoms with Crippen molar-refractivity contribution in [3.05, 3.63) is 34.6 Å². The van der Waals surface area contributed by atoms with E-state index in [4.69, 9.17) is 0 Å². The molecule has 0 spiro atoms. The largest absolute Gasteiger partial charge is 0.354 e. The van der Waals surface area contributed by atoms with Crippen LogP contribution in [0.15, 0.2) is 23.4 Å². The number of carbonyl (C=O) groups is 1. The van der Waals surface area contributed by atoms with Gasteiger partial charge in [-0.15, -0.1) is 0 Å². The zero-order valence-corrected chi connectivity index (χ0v) is 17.1. The van der Waals surface area contributed by atoms with Crippen LogP contribution in [0.25, 0.3) is 0 Å². The molecule has 0 radical (unpaired) electrons. The van der Waals surface area contributed by atoms with Crippen molar-refractivity contribution in [2.45, 2.75) is 58.0 Å². The Labute approximate surface area is 170 Å². The number of anilines is 2. The summed E-state index contributed by atoms with van der Waals surface area (Å²) in [6.07, 6.45) is 8.41. The maximum absolute atomic E-state index is 12.7. The van der Waals surface area contributed by atoms with Crippen LogP contribution in [0, 0.1) is 6.92 Å². The van der Waals surface area contributed by atoms with Crippen molar-refractivity contribution in [2.75, 3.05) is 29.9 Å². The summed E-state index contributed by atoms with van der Waals surface area (Å²) in [6, 6.07) is 2.46. The van der Waals surface area contributed by atoms with Crippen LogP contribution in [0.5, 0.6) is 0 Å². The number of nitrogens with one attached hydrogen (secondary N) is 2. The molecule has 0 unspecified atom stereocenters. The van der Waals surface area contributed by atoms with Crippen molar-refractivity contribution < 1.29 is 4.79 Å². The Morgan fingerprint density at radius 3 is 2.66 bits per heavy atom. The van der Waals surface area contributed by atoms with Gasteiger partial charge >= 0.3 is 11.7 Å². The minimum atomic E-state index is -0.197. The Morgan fingerprint density at radius 2 is 2.00 bits per heavy atom. The van der Waals surface area contributed by atoms with E-state index in [0.29, 0.717) is 24.8 Å². The average molecular weight is 399 g/mol. The molecular weight excluding hydrogens is 370 g/mol. The second-order valence-electron chi connectivity index (χ2n) is 8.12. The molecule has 1 atom stereocenters. The fourth-order valence-electron chi connectivity index (χ4n) is 4.42. The third kappa shape index (κ3) is 4.13. The summed E-state index contributed by atoms with van der Waals surface area (Å²) in [4.78, 5) is 33.2. The number of aromatic nitrogens is 4. The second kappa shape index (κ2) is 8.26. The number of piperidine rings is 2. The third-order valence-electron chi connectivity index (χ3n) is 6.10. The van der Waals surface area contributed by atoms with Crippen LogP contribution < -0.4 is 15.9 Å². The molecule has 2 aliphatic rings. The van der Waals surface area contributed by atoms with E-state index in [1.807, 2.05) is 13.0 Å². The van der Waals surface area contributed by atoms with E-state index in [-0.39, 0.29) is 17.8 Å². The van der Waals surface area contributed by atoms with Gasteiger partial charge in [-0.3, -0.25) is 4.57 Å². The molecule has 2 N–H and O–H groups in total. The van der Waals surface area contributed by atoms with Gasteiger partial charge in [-0.1, -0.05) is 0 Å². The van der Waals surface area contributed by atoms with Gasteiger partial charge in [-0.2, -0.15) is 5.10 Å². The van der Waals surface area contributed by atoms with Gasteiger partial charge in [0.25, 0.3) is 0 Å². The van der Waals surface area contributed by atoms with Crippen molar-refractivity contribution in [1.82, 2.24) is 24.6 Å². The number of rotatable bonds is 3. The molecule has 2 saturated heterocycles. The van der Waals surface area contributed by atoms with Crippen molar-refractivity contribution >= 4 is 17.5 Å². The van der Waals surface area contributed by atoms with Crippen molar-refractivity contribution in [2.24, 2.45) is 0 Å². The van der Waals surface area contributed by atoms with Crippen LogP contribution in [0.4, 0.5) is 16.3 Å². The Hall–Kier alpha value is -2.84. The predicted octanol–water partition coefficient (Wildman–Crippen LogP) is 2.52. The van der Waals surface area contributed by atoms with E-state index in [1.54, 1.807) is 15.7 Å². The minimum absolute atomic E-state index is 0.0834. The number of amides is 2. The summed E-state index contributed by atoms with van der Waals surface area (Å²) in [5.74, 6) is 1.02. The van der Waals surface area contributed by atoms with Gasteiger partial charge in [-0.25, -0.2) is 19.7 Å². The summed E-state index contributed by atoms with van der Waals surface area (Å²) in [6.45, 7) is 6.54. The highest BCUT2D eigenvalue weighted by molar-refractivity contribution is 5.89. The Bertz CT molecular complexity index is 914. The number of aryl methyl sites for hydroxylation is 1. The van der Waals surface area contributed by atoms with Gasteiger partial charge in [0.1, 0.15) is 12.1 Å². The second-order valence-corrected chi connectivity index (χ2v) is 8.12. The lowest BCUT2D eigenvalue weighted by Gasteiger charge is -2.35. The van der Waals surface area contributed by atoms with Crippen LogP contribution in [-0.4, -0.2) is 56.4 Å². The summed E-state index contributed by atoms with van der Waals surface area (Å²) in [5, 5.41) is 9.18. The molecule has 9 nitrogen and oxygen atoms in total. The highest BCUT2D eigenvalue weighted by atomic mass is 16.2. The third-order valence-corrected chi connectivity index (χ3v) is 6.10. The highest BCUT2D eigenvalue weighted by Crippen LogP contribution is 2.27. The van der Waals surface area contributed by atoms with Crippen molar-refractivity contribution in [3.8, 4) is 0 Å². The molecule has 9 heteroatoms. The molecule has 2 aromatic rings. The lowest BCUT2D eigenvalue weighted by molar-refractivity contribution is 0.183. The number of aromatic amines is 1. The molecule has 0 bridgehead atoms. The molecule has 156 valence electrons. The zero-order valence-electron chi connectivity index (χ0n) is 17.1. The predicted molar refractivity (Wildman–Crippen MR) is 111 cm³/mol. The molecule has 0 aromatic carbocycles. The van der Waals surface area contributed by atoms with Gasteiger partial charge in [0.2, 0.25) is 0 Å². The number of carbonyl (C=O) groups excluding carboxylic acids is 1. The number of pyridine rings is 1. The van der Waals surface area contributed by atoms with E-state index < -0.39 is 0 Å². The van der Waals surface area contributed by atoms with Crippen LogP contribution in [0.2, 0.25) is 0 Å². The molecule has 2 aromatic heterocycles. The number of likely N-dealkylation sites (tertiary alicyclic amines) is 1. The Morgan fingerprint density at radius 1 is 1.21 bits per heavy atom. The quantitative estimate of drug-likeness (QED) is 0.826. The number of hydrogen-bond donors (Lipinski definition) is 2. The standard InChI is InChI=1S/C20H29N7O2/c1-14-11-16(12-21-18(14)26-8-4-3-5-15(26)2)23-19(28)25-9-6-17(7-10-25)27-13-22-24-20(27)29/h11-13,15,17H,3-10H2,1-2H3,(H,23,28)(H,24,29)/t15-/m1/s1. The normalized spacial score (nSPS) is 20.7. The monoisotopic (exact) mass is 399 g/mol. The SMILES string of the molecule is Cc1cc(NC(=O)N2CCC(n3cn[nH]c3=O)CC2)cnc1N1CCCC[C@H]1C. The van der Waals surface area contributed by atoms with E-state index >= 15 is 0 Å². The van der Waals surface area contributed by atoms with E-state index in [0.717, 1.165) is 30.8 Å². The fraction of sp³-hybridized carbons (Fsp3) is 0.600. The summed E-state index contributed by atoms with van der Waals surface area (Å²) in [7, 11) is 0. The number of H-pyrrole nitrogens is 1. The van der Waals surface area contributed by atoms with Gasteiger partial charge in [-0.05, 0) is 57.6 Å². The smallest absolute Gasteiger partial charge is 0.343 e. The van der Waals surface area contributed by atoms with Gasteiger partial charge in [0, 0.05) is 31.7 Å². The summed E-state index contributed by atoms with van der Waals surface area (Å²) in [5.41, 5.74) is 1.60. The number of hydrogen-bond acceptors (Lipinski definition) is 5. The molecular formula is C20H29N7O2. The van der Waals surface area contributed by atoms with Crippen molar-refractivity contribution in [3.63, 3.8) is 0 Å². The van der Waals surface area contributed by atoms with E-state index in [2.05, 4.69) is 32.3 Å². The molecule has 2 amide bonds. The first-order chi connectivity index (χ1) is 14.0. The summed E-state index contributed by atoms with van der Waals surface area (Å²) >= 11 is 0. The molecule has 4 heterocycles. The molecule has 29 heavy (non-hydrogen) atoms. The molecule has 0 aliphatic carbocycles. The first-order valence-corrected chi connectivity index (χ1v) is 10.4. The lowest BCUT2D eigenvalue weighted by Crippen LogP contribution is -2.42. The lowest BCUT2D eigenvalue weighted by atomic mass is 10.0. The molecule has 2 aliphatic heterocycles. The number of urea groups is 1. The fourth-order valence-corrected chi connectivity index (χ4v) is 4.42. The van der Waals surface area contributed by atoms with Gasteiger partial charge in [0.15, 0.2) is 0 Å². The van der Waals surface area contributed by atoms with Crippen LogP contribution in [0.3, 0.4) is 0 Å². The Balaban J connectivity index is 1.36. The van der Waals surface area contributed by atoms with E-state index in [9.17, 15) is 9.59 Å². The van der Waals surface area contributed by atoms with Crippen LogP contribution in [-0.2, 0) is 0 Å². The molecule has 0 saturated carbocycles. The van der Waals surface area contributed by atoms with E-state index in [1.165, 1.54) is 25.6 Å². The first kappa shape index (κ1) is 19.5. The van der Waals surface area contributed by atoms with Gasteiger partial charge in [0.05, 0.1) is 11.9 Å². The first-order valence-electron chi connectivity index (χ1n) is 10.4. The minimum Gasteiger partial charge on any atom is -0.354 e. The Kier molecular flexibility index (Phi) is 5.55. The van der Waals surface area contributed by atoms with Crippen LogP contribution in [0.1, 0.15) is 50.6 Å².